The summed E-state index contributed by atoms with van der Waals surface area (Å²) in [5.74, 6) is -1.65. The van der Waals surface area contributed by atoms with Crippen LogP contribution in [0.25, 0.3) is 11.1 Å². The minimum Gasteiger partial charge on any atom is -0.481 e. The van der Waals surface area contributed by atoms with Crippen molar-refractivity contribution in [1.29, 1.82) is 0 Å². The number of amides is 2. The Morgan fingerprint density at radius 3 is 2.33 bits per heavy atom. The van der Waals surface area contributed by atoms with Gasteiger partial charge in [0.15, 0.2) is 0 Å². The quantitative estimate of drug-likeness (QED) is 0.445. The molecule has 1 heterocycles. The number of carboxylic acid groups (broad SMARTS) is 1. The van der Waals surface area contributed by atoms with Crippen LogP contribution >= 0.6 is 11.3 Å². The molecule has 0 saturated heterocycles. The lowest BCUT2D eigenvalue weighted by Crippen LogP contribution is -2.47. The van der Waals surface area contributed by atoms with Gasteiger partial charge in [0.2, 0.25) is 5.91 Å². The van der Waals surface area contributed by atoms with E-state index in [1.54, 1.807) is 10.9 Å². The lowest BCUT2D eigenvalue weighted by atomic mass is 9.98. The third-order valence-corrected chi connectivity index (χ3v) is 6.16. The van der Waals surface area contributed by atoms with Crippen LogP contribution < -0.4 is 10.6 Å². The fourth-order valence-corrected chi connectivity index (χ4v) is 4.50. The molecule has 33 heavy (non-hydrogen) atoms. The number of aromatic nitrogens is 1. The summed E-state index contributed by atoms with van der Waals surface area (Å²) in [6.07, 6.45) is -1.09. The molecule has 1 aromatic heterocycles. The van der Waals surface area contributed by atoms with Gasteiger partial charge in [-0.2, -0.15) is 0 Å². The van der Waals surface area contributed by atoms with Crippen molar-refractivity contribution in [2.45, 2.75) is 31.3 Å². The van der Waals surface area contributed by atoms with Gasteiger partial charge in [-0.15, -0.1) is 11.3 Å². The largest absolute Gasteiger partial charge is 0.481 e. The van der Waals surface area contributed by atoms with Gasteiger partial charge in [-0.3, -0.25) is 9.59 Å². The topological polar surface area (TPSA) is 118 Å². The number of benzene rings is 2. The van der Waals surface area contributed by atoms with Gasteiger partial charge in [0.1, 0.15) is 12.6 Å². The summed E-state index contributed by atoms with van der Waals surface area (Å²) in [6, 6.07) is 14.9. The Hall–Kier alpha value is -3.72. The van der Waals surface area contributed by atoms with E-state index >= 15 is 0 Å². The summed E-state index contributed by atoms with van der Waals surface area (Å²) in [6.45, 7) is 0.296. The Kier molecular flexibility index (Phi) is 6.99. The SMILES string of the molecule is O=C(O)CCC(NC(=O)OCC1c2ccccc2-c2ccccc21)C(=O)NCc1cscn1. The number of ether oxygens (including phenoxy) is 1. The van der Waals surface area contributed by atoms with E-state index in [9.17, 15) is 14.4 Å². The van der Waals surface area contributed by atoms with Crippen molar-refractivity contribution in [1.82, 2.24) is 15.6 Å². The van der Waals surface area contributed by atoms with Crippen LogP contribution in [0, 0.1) is 0 Å². The molecule has 1 aliphatic rings. The predicted molar refractivity (Wildman–Crippen MR) is 123 cm³/mol. The molecule has 2 amide bonds. The number of hydrogen-bond acceptors (Lipinski definition) is 6. The summed E-state index contributed by atoms with van der Waals surface area (Å²) < 4.78 is 5.49. The molecule has 3 N–H and O–H groups in total. The van der Waals surface area contributed by atoms with Crippen LogP contribution in [0.3, 0.4) is 0 Å². The van der Waals surface area contributed by atoms with Crippen molar-refractivity contribution in [2.75, 3.05) is 6.61 Å². The van der Waals surface area contributed by atoms with Gasteiger partial charge in [-0.1, -0.05) is 48.5 Å². The standard InChI is InChI=1S/C24H23N3O5S/c28-22(29)10-9-21(23(30)25-11-15-13-33-14-26-15)27-24(31)32-12-20-18-7-3-1-5-16(18)17-6-2-4-8-19(17)20/h1-8,13-14,20-21H,9-12H2,(H,25,30)(H,27,31)(H,28,29). The molecule has 4 rings (SSSR count). The Bertz CT molecular complexity index is 1100. The highest BCUT2D eigenvalue weighted by atomic mass is 32.1. The third kappa shape index (κ3) is 5.38. The van der Waals surface area contributed by atoms with E-state index < -0.39 is 24.0 Å². The molecule has 1 unspecified atom stereocenters. The van der Waals surface area contributed by atoms with Crippen LogP contribution in [0.4, 0.5) is 4.79 Å². The Labute approximate surface area is 194 Å². The van der Waals surface area contributed by atoms with Gasteiger partial charge in [-0.05, 0) is 28.7 Å². The second-order valence-electron chi connectivity index (χ2n) is 7.65. The Balaban J connectivity index is 1.39. The highest BCUT2D eigenvalue weighted by Gasteiger charge is 2.30. The molecule has 9 heteroatoms. The normalized spacial score (nSPS) is 13.0. The van der Waals surface area contributed by atoms with Gasteiger partial charge in [0, 0.05) is 17.7 Å². The molecule has 0 bridgehead atoms. The number of hydrogen-bond donors (Lipinski definition) is 3. The third-order valence-electron chi connectivity index (χ3n) is 5.53. The highest BCUT2D eigenvalue weighted by molar-refractivity contribution is 7.07. The summed E-state index contributed by atoms with van der Waals surface area (Å²) in [5, 5.41) is 16.0. The maximum absolute atomic E-state index is 12.6. The van der Waals surface area contributed by atoms with Gasteiger partial charge in [-0.25, -0.2) is 9.78 Å². The van der Waals surface area contributed by atoms with Gasteiger partial charge in [0.05, 0.1) is 17.7 Å². The van der Waals surface area contributed by atoms with Crippen molar-refractivity contribution in [3.63, 3.8) is 0 Å². The van der Waals surface area contributed by atoms with E-state index in [0.29, 0.717) is 5.69 Å². The number of fused-ring (bicyclic) bond motifs is 3. The monoisotopic (exact) mass is 465 g/mol. The van der Waals surface area contributed by atoms with E-state index in [4.69, 9.17) is 9.84 Å². The first-order valence-electron chi connectivity index (χ1n) is 10.5. The maximum Gasteiger partial charge on any atom is 0.407 e. The summed E-state index contributed by atoms with van der Waals surface area (Å²) in [5.41, 5.74) is 6.72. The number of carbonyl (C=O) groups excluding carboxylic acids is 2. The zero-order chi connectivity index (χ0) is 23.2. The fourth-order valence-electron chi connectivity index (χ4n) is 3.94. The first kappa shape index (κ1) is 22.5. The second-order valence-corrected chi connectivity index (χ2v) is 8.37. The first-order valence-corrected chi connectivity index (χ1v) is 11.5. The van der Waals surface area contributed by atoms with Gasteiger partial charge >= 0.3 is 12.1 Å². The van der Waals surface area contributed by atoms with E-state index in [2.05, 4.69) is 15.6 Å². The lowest BCUT2D eigenvalue weighted by Gasteiger charge is -2.19. The van der Waals surface area contributed by atoms with Gasteiger partial charge < -0.3 is 20.5 Å². The van der Waals surface area contributed by atoms with Gasteiger partial charge in [0.25, 0.3) is 0 Å². The molecule has 1 atom stereocenters. The molecule has 2 aromatic carbocycles. The number of alkyl carbamates (subject to hydrolysis) is 1. The fraction of sp³-hybridized carbons (Fsp3) is 0.250. The van der Waals surface area contributed by atoms with Crippen LogP contribution in [0.5, 0.6) is 0 Å². The van der Waals surface area contributed by atoms with Crippen molar-refractivity contribution in [3.8, 4) is 11.1 Å². The number of carboxylic acids is 1. The van der Waals surface area contributed by atoms with Crippen LogP contribution in [0.2, 0.25) is 0 Å². The Morgan fingerprint density at radius 2 is 1.73 bits per heavy atom. The highest BCUT2D eigenvalue weighted by Crippen LogP contribution is 2.44. The number of nitrogens with zero attached hydrogens (tertiary/aromatic N) is 1. The van der Waals surface area contributed by atoms with E-state index in [0.717, 1.165) is 22.3 Å². The van der Waals surface area contributed by atoms with Crippen molar-refractivity contribution < 1.29 is 24.2 Å². The van der Waals surface area contributed by atoms with Crippen molar-refractivity contribution in [2.24, 2.45) is 0 Å². The van der Waals surface area contributed by atoms with Crippen LogP contribution in [0.15, 0.2) is 59.4 Å². The zero-order valence-electron chi connectivity index (χ0n) is 17.7. The lowest BCUT2D eigenvalue weighted by molar-refractivity contribution is -0.137. The Morgan fingerprint density at radius 1 is 1.06 bits per heavy atom. The number of aliphatic carboxylic acids is 1. The van der Waals surface area contributed by atoms with Crippen LogP contribution in [-0.4, -0.2) is 40.7 Å². The minimum atomic E-state index is -1.05. The summed E-state index contributed by atoms with van der Waals surface area (Å²) >= 11 is 1.40. The van der Waals surface area contributed by atoms with Crippen LogP contribution in [0.1, 0.15) is 35.6 Å². The number of carbonyl (C=O) groups is 3. The van der Waals surface area contributed by atoms with E-state index in [1.807, 2.05) is 48.5 Å². The molecule has 0 spiro atoms. The van der Waals surface area contributed by atoms with Crippen LogP contribution in [-0.2, 0) is 20.9 Å². The molecular weight excluding hydrogens is 442 g/mol. The second kappa shape index (κ2) is 10.3. The van der Waals surface area contributed by atoms with E-state index in [1.165, 1.54) is 11.3 Å². The number of rotatable bonds is 9. The molecular formula is C24H23N3O5S. The molecule has 170 valence electrons. The molecule has 3 aromatic rings. The summed E-state index contributed by atoms with van der Waals surface area (Å²) in [4.78, 5) is 40.2. The molecule has 0 fully saturated rings. The average molecular weight is 466 g/mol. The van der Waals surface area contributed by atoms with E-state index in [-0.39, 0.29) is 31.9 Å². The number of thiazole rings is 1. The smallest absolute Gasteiger partial charge is 0.407 e. The van der Waals surface area contributed by atoms with Crippen molar-refractivity contribution >= 4 is 29.3 Å². The zero-order valence-corrected chi connectivity index (χ0v) is 18.5. The molecule has 8 nitrogen and oxygen atoms in total. The predicted octanol–water partition coefficient (Wildman–Crippen LogP) is 3.53. The minimum absolute atomic E-state index is 0.0531. The maximum atomic E-state index is 12.6. The average Bonchev–Trinajstić information content (AvgIpc) is 3.45. The molecule has 0 saturated carbocycles. The summed E-state index contributed by atoms with van der Waals surface area (Å²) in [7, 11) is 0. The van der Waals surface area contributed by atoms with Crippen molar-refractivity contribution in [3.05, 3.63) is 76.2 Å². The molecule has 0 radical (unpaired) electrons. The first-order chi connectivity index (χ1) is 16.0. The molecule has 1 aliphatic carbocycles. The molecule has 0 aliphatic heterocycles. The number of nitrogens with one attached hydrogen (secondary N) is 2.